The number of rotatable bonds is 8. The predicted molar refractivity (Wildman–Crippen MR) is 78.0 cm³/mol. The van der Waals surface area contributed by atoms with E-state index in [2.05, 4.69) is 26.0 Å². The maximum Gasteiger partial charge on any atom is 0.122 e. The Bertz CT molecular complexity index is 347. The van der Waals surface area contributed by atoms with Crippen LogP contribution in [0.15, 0.2) is 18.2 Å². The summed E-state index contributed by atoms with van der Waals surface area (Å²) in [7, 11) is 0. The summed E-state index contributed by atoms with van der Waals surface area (Å²) in [5, 5.41) is 0. The molecule has 1 atom stereocenters. The smallest absolute Gasteiger partial charge is 0.122 e. The number of aryl methyl sites for hydroxylation is 1. The van der Waals surface area contributed by atoms with Gasteiger partial charge in [-0.2, -0.15) is 0 Å². The van der Waals surface area contributed by atoms with Crippen molar-refractivity contribution in [3.8, 4) is 5.75 Å². The average molecular weight is 249 g/mol. The number of hydrogen-bond donors (Lipinski definition) is 1. The molecule has 2 N–H and O–H groups in total. The van der Waals surface area contributed by atoms with Crippen molar-refractivity contribution in [2.45, 2.75) is 58.9 Å². The molecule has 0 aromatic heterocycles. The van der Waals surface area contributed by atoms with Crippen LogP contribution in [0, 0.1) is 6.92 Å². The van der Waals surface area contributed by atoms with Crippen molar-refractivity contribution in [2.24, 2.45) is 5.73 Å². The molecule has 1 unspecified atom stereocenters. The Hall–Kier alpha value is -1.02. The van der Waals surface area contributed by atoms with Crippen molar-refractivity contribution in [1.82, 2.24) is 0 Å². The zero-order valence-corrected chi connectivity index (χ0v) is 12.0. The second-order valence-electron chi connectivity index (χ2n) is 5.08. The van der Waals surface area contributed by atoms with E-state index in [9.17, 15) is 0 Å². The lowest BCUT2D eigenvalue weighted by Crippen LogP contribution is -2.06. The predicted octanol–water partition coefficient (Wildman–Crippen LogP) is 4.36. The Morgan fingerprint density at radius 2 is 1.89 bits per heavy atom. The highest BCUT2D eigenvalue weighted by molar-refractivity contribution is 5.37. The Labute approximate surface area is 112 Å². The third kappa shape index (κ3) is 5.09. The van der Waals surface area contributed by atoms with Crippen LogP contribution in [-0.4, -0.2) is 6.61 Å². The van der Waals surface area contributed by atoms with Gasteiger partial charge < -0.3 is 10.5 Å². The van der Waals surface area contributed by atoms with Gasteiger partial charge in [0.15, 0.2) is 0 Å². The highest BCUT2D eigenvalue weighted by atomic mass is 16.5. The minimum absolute atomic E-state index is 0.0896. The maximum atomic E-state index is 5.86. The van der Waals surface area contributed by atoms with E-state index in [0.29, 0.717) is 0 Å². The standard InChI is InChI=1S/C16H27NO/c1-4-5-6-7-8-11-18-16-10-9-15(14(3)17)12-13(16)2/h9-10,12,14H,4-8,11,17H2,1-3H3. The van der Waals surface area contributed by atoms with Crippen molar-refractivity contribution in [3.63, 3.8) is 0 Å². The minimum atomic E-state index is 0.0896. The van der Waals surface area contributed by atoms with Crippen molar-refractivity contribution in [1.29, 1.82) is 0 Å². The first-order chi connectivity index (χ1) is 8.65. The van der Waals surface area contributed by atoms with Crippen LogP contribution in [0.4, 0.5) is 0 Å². The number of benzene rings is 1. The normalized spacial score (nSPS) is 12.4. The van der Waals surface area contributed by atoms with Gasteiger partial charge in [0.05, 0.1) is 6.61 Å². The first kappa shape index (κ1) is 15.0. The first-order valence-corrected chi connectivity index (χ1v) is 7.14. The van der Waals surface area contributed by atoms with E-state index >= 15 is 0 Å². The summed E-state index contributed by atoms with van der Waals surface area (Å²) < 4.78 is 5.81. The van der Waals surface area contributed by atoms with E-state index in [1.54, 1.807) is 0 Å². The van der Waals surface area contributed by atoms with Crippen molar-refractivity contribution in [2.75, 3.05) is 6.61 Å². The largest absolute Gasteiger partial charge is 0.493 e. The van der Waals surface area contributed by atoms with E-state index in [-0.39, 0.29) is 6.04 Å². The monoisotopic (exact) mass is 249 g/mol. The molecule has 102 valence electrons. The second kappa shape index (κ2) is 8.15. The molecule has 0 fully saturated rings. The van der Waals surface area contributed by atoms with Gasteiger partial charge in [-0.3, -0.25) is 0 Å². The Morgan fingerprint density at radius 3 is 2.50 bits per heavy atom. The lowest BCUT2D eigenvalue weighted by atomic mass is 10.1. The molecule has 0 heterocycles. The van der Waals surface area contributed by atoms with Gasteiger partial charge in [0.25, 0.3) is 0 Å². The van der Waals surface area contributed by atoms with Gasteiger partial charge in [0, 0.05) is 6.04 Å². The van der Waals surface area contributed by atoms with Gasteiger partial charge in [-0.25, -0.2) is 0 Å². The zero-order chi connectivity index (χ0) is 13.4. The molecule has 0 radical (unpaired) electrons. The third-order valence-electron chi connectivity index (χ3n) is 3.23. The molecule has 0 aliphatic carbocycles. The van der Waals surface area contributed by atoms with E-state index < -0.39 is 0 Å². The van der Waals surface area contributed by atoms with Crippen LogP contribution in [-0.2, 0) is 0 Å². The Morgan fingerprint density at radius 1 is 1.17 bits per heavy atom. The average Bonchev–Trinajstić information content (AvgIpc) is 2.35. The SMILES string of the molecule is CCCCCCCOc1ccc(C(C)N)cc1C. The minimum Gasteiger partial charge on any atom is -0.493 e. The summed E-state index contributed by atoms with van der Waals surface area (Å²) >= 11 is 0. The van der Waals surface area contributed by atoms with Crippen LogP contribution in [0.5, 0.6) is 5.75 Å². The number of unbranched alkanes of at least 4 members (excludes halogenated alkanes) is 4. The quantitative estimate of drug-likeness (QED) is 0.695. The van der Waals surface area contributed by atoms with Crippen molar-refractivity contribution < 1.29 is 4.74 Å². The van der Waals surface area contributed by atoms with E-state index in [1.165, 1.54) is 36.8 Å². The lowest BCUT2D eigenvalue weighted by molar-refractivity contribution is 0.302. The Balaban J connectivity index is 2.34. The molecule has 18 heavy (non-hydrogen) atoms. The molecule has 1 aromatic carbocycles. The van der Waals surface area contributed by atoms with Crippen LogP contribution in [0.25, 0.3) is 0 Å². The van der Waals surface area contributed by atoms with E-state index in [0.717, 1.165) is 18.8 Å². The highest BCUT2D eigenvalue weighted by Crippen LogP contribution is 2.22. The fourth-order valence-corrected chi connectivity index (χ4v) is 2.01. The molecule has 0 saturated carbocycles. The maximum absolute atomic E-state index is 5.86. The van der Waals surface area contributed by atoms with Crippen molar-refractivity contribution >= 4 is 0 Å². The fourth-order valence-electron chi connectivity index (χ4n) is 2.01. The van der Waals surface area contributed by atoms with Crippen LogP contribution in [0.1, 0.15) is 63.1 Å². The van der Waals surface area contributed by atoms with Crippen LogP contribution >= 0.6 is 0 Å². The molecule has 1 rings (SSSR count). The molecule has 0 aliphatic heterocycles. The van der Waals surface area contributed by atoms with Crippen LogP contribution in [0.3, 0.4) is 0 Å². The first-order valence-electron chi connectivity index (χ1n) is 7.14. The topological polar surface area (TPSA) is 35.2 Å². The molecule has 2 nitrogen and oxygen atoms in total. The molecule has 0 aliphatic rings. The molecule has 0 spiro atoms. The van der Waals surface area contributed by atoms with Gasteiger partial charge in [0.1, 0.15) is 5.75 Å². The lowest BCUT2D eigenvalue weighted by Gasteiger charge is -2.12. The molecule has 0 amide bonds. The molecule has 1 aromatic rings. The summed E-state index contributed by atoms with van der Waals surface area (Å²) in [6.07, 6.45) is 6.36. The summed E-state index contributed by atoms with van der Waals surface area (Å²) in [4.78, 5) is 0. The van der Waals surface area contributed by atoms with Gasteiger partial charge in [-0.15, -0.1) is 0 Å². The summed E-state index contributed by atoms with van der Waals surface area (Å²) in [5.74, 6) is 0.995. The summed E-state index contributed by atoms with van der Waals surface area (Å²) in [6.45, 7) is 7.14. The molecular weight excluding hydrogens is 222 g/mol. The molecular formula is C16H27NO. The highest BCUT2D eigenvalue weighted by Gasteiger charge is 2.04. The van der Waals surface area contributed by atoms with Gasteiger partial charge in [0.2, 0.25) is 0 Å². The number of nitrogens with two attached hydrogens (primary N) is 1. The molecule has 2 heteroatoms. The van der Waals surface area contributed by atoms with Gasteiger partial charge in [-0.05, 0) is 37.5 Å². The van der Waals surface area contributed by atoms with E-state index in [1.807, 2.05) is 13.0 Å². The zero-order valence-electron chi connectivity index (χ0n) is 12.0. The summed E-state index contributed by atoms with van der Waals surface area (Å²) in [6, 6.07) is 6.31. The third-order valence-corrected chi connectivity index (χ3v) is 3.23. The second-order valence-corrected chi connectivity index (χ2v) is 5.08. The van der Waals surface area contributed by atoms with Crippen LogP contribution in [0.2, 0.25) is 0 Å². The fraction of sp³-hybridized carbons (Fsp3) is 0.625. The van der Waals surface area contributed by atoms with E-state index in [4.69, 9.17) is 10.5 Å². The van der Waals surface area contributed by atoms with Crippen LogP contribution < -0.4 is 10.5 Å². The van der Waals surface area contributed by atoms with Gasteiger partial charge >= 0.3 is 0 Å². The van der Waals surface area contributed by atoms with Crippen molar-refractivity contribution in [3.05, 3.63) is 29.3 Å². The number of hydrogen-bond acceptors (Lipinski definition) is 2. The molecule has 0 saturated heterocycles. The summed E-state index contributed by atoms with van der Waals surface area (Å²) in [5.41, 5.74) is 8.21. The van der Waals surface area contributed by atoms with Gasteiger partial charge in [-0.1, -0.05) is 44.7 Å². The Kier molecular flexibility index (Phi) is 6.81. The molecule has 0 bridgehead atoms. The number of ether oxygens (including phenoxy) is 1.